The summed E-state index contributed by atoms with van der Waals surface area (Å²) < 4.78 is 16.0. The van der Waals surface area contributed by atoms with E-state index in [4.69, 9.17) is 13.9 Å². The Morgan fingerprint density at radius 3 is 2.81 bits per heavy atom. The largest absolute Gasteiger partial charge is 0.482 e. The monoisotopic (exact) mass is 292 g/mol. The SMILES string of the molecule is COCCNCc1nc(C)ccc1OCc1nnc(C)o1. The van der Waals surface area contributed by atoms with Crippen molar-refractivity contribution in [3.8, 4) is 5.75 Å². The van der Waals surface area contributed by atoms with Crippen molar-refractivity contribution >= 4 is 0 Å². The number of aromatic nitrogens is 3. The molecule has 0 bridgehead atoms. The Labute approximate surface area is 123 Å². The summed E-state index contributed by atoms with van der Waals surface area (Å²) in [6, 6.07) is 3.81. The summed E-state index contributed by atoms with van der Waals surface area (Å²) in [7, 11) is 1.67. The number of pyridine rings is 1. The quantitative estimate of drug-likeness (QED) is 0.736. The van der Waals surface area contributed by atoms with Gasteiger partial charge in [-0.3, -0.25) is 4.98 Å². The topological polar surface area (TPSA) is 82.3 Å². The van der Waals surface area contributed by atoms with Crippen LogP contribution in [0.25, 0.3) is 0 Å². The van der Waals surface area contributed by atoms with Gasteiger partial charge in [-0.25, -0.2) is 0 Å². The van der Waals surface area contributed by atoms with Gasteiger partial charge in [0.25, 0.3) is 5.89 Å². The molecule has 2 rings (SSSR count). The van der Waals surface area contributed by atoms with Crippen LogP contribution < -0.4 is 10.1 Å². The summed E-state index contributed by atoms with van der Waals surface area (Å²) in [5.74, 6) is 1.69. The van der Waals surface area contributed by atoms with Crippen LogP contribution in [-0.2, 0) is 17.9 Å². The summed E-state index contributed by atoms with van der Waals surface area (Å²) >= 11 is 0. The number of hydrogen-bond acceptors (Lipinski definition) is 7. The van der Waals surface area contributed by atoms with Crippen LogP contribution in [0.4, 0.5) is 0 Å². The van der Waals surface area contributed by atoms with E-state index in [1.165, 1.54) is 0 Å². The minimum Gasteiger partial charge on any atom is -0.482 e. The van der Waals surface area contributed by atoms with Gasteiger partial charge >= 0.3 is 0 Å². The number of nitrogens with zero attached hydrogens (tertiary/aromatic N) is 3. The minimum absolute atomic E-state index is 0.233. The van der Waals surface area contributed by atoms with Crippen molar-refractivity contribution in [1.29, 1.82) is 0 Å². The molecule has 7 heteroatoms. The normalized spacial score (nSPS) is 10.8. The summed E-state index contributed by atoms with van der Waals surface area (Å²) in [6.45, 7) is 5.95. The maximum absolute atomic E-state index is 5.72. The summed E-state index contributed by atoms with van der Waals surface area (Å²) in [6.07, 6.45) is 0. The fraction of sp³-hybridized carbons (Fsp3) is 0.500. The van der Waals surface area contributed by atoms with Gasteiger partial charge in [-0.15, -0.1) is 10.2 Å². The van der Waals surface area contributed by atoms with Gasteiger partial charge in [0.1, 0.15) is 5.75 Å². The molecule has 0 amide bonds. The Hall–Kier alpha value is -1.99. The van der Waals surface area contributed by atoms with Gasteiger partial charge < -0.3 is 19.2 Å². The van der Waals surface area contributed by atoms with E-state index in [1.54, 1.807) is 14.0 Å². The van der Waals surface area contributed by atoms with Crippen molar-refractivity contribution in [3.63, 3.8) is 0 Å². The van der Waals surface area contributed by atoms with Crippen molar-refractivity contribution < 1.29 is 13.9 Å². The Kier molecular flexibility index (Phi) is 5.65. The first-order chi connectivity index (χ1) is 10.2. The van der Waals surface area contributed by atoms with Crippen LogP contribution in [-0.4, -0.2) is 35.4 Å². The van der Waals surface area contributed by atoms with E-state index in [-0.39, 0.29) is 6.61 Å². The van der Waals surface area contributed by atoms with Crippen molar-refractivity contribution in [1.82, 2.24) is 20.5 Å². The molecule has 0 saturated carbocycles. The zero-order valence-electron chi connectivity index (χ0n) is 12.5. The molecule has 7 nitrogen and oxygen atoms in total. The Morgan fingerprint density at radius 2 is 2.10 bits per heavy atom. The number of ether oxygens (including phenoxy) is 2. The van der Waals surface area contributed by atoms with Gasteiger partial charge in [0.05, 0.1) is 12.3 Å². The molecule has 0 aliphatic carbocycles. The van der Waals surface area contributed by atoms with Gasteiger partial charge in [0.2, 0.25) is 5.89 Å². The van der Waals surface area contributed by atoms with Crippen LogP contribution in [0.15, 0.2) is 16.5 Å². The molecule has 21 heavy (non-hydrogen) atoms. The van der Waals surface area contributed by atoms with Gasteiger partial charge in [-0.05, 0) is 19.1 Å². The molecule has 2 aromatic heterocycles. The van der Waals surface area contributed by atoms with E-state index in [2.05, 4.69) is 20.5 Å². The predicted molar refractivity (Wildman–Crippen MR) is 75.9 cm³/mol. The molecule has 0 aliphatic rings. The second-order valence-electron chi connectivity index (χ2n) is 4.57. The van der Waals surface area contributed by atoms with Crippen molar-refractivity contribution in [2.24, 2.45) is 0 Å². The molecule has 0 spiro atoms. The van der Waals surface area contributed by atoms with E-state index in [0.717, 1.165) is 17.9 Å². The molecule has 0 fully saturated rings. The number of rotatable bonds is 8. The average Bonchev–Trinajstić information content (AvgIpc) is 2.88. The highest BCUT2D eigenvalue weighted by molar-refractivity contribution is 5.29. The third kappa shape index (κ3) is 4.80. The number of nitrogens with one attached hydrogen (secondary N) is 1. The molecule has 2 heterocycles. The predicted octanol–water partition coefficient (Wildman–Crippen LogP) is 1.40. The molecule has 0 saturated heterocycles. The number of hydrogen-bond donors (Lipinski definition) is 1. The lowest BCUT2D eigenvalue weighted by Gasteiger charge is -2.11. The maximum atomic E-state index is 5.72. The summed E-state index contributed by atoms with van der Waals surface area (Å²) in [5.41, 5.74) is 1.79. The lowest BCUT2D eigenvalue weighted by atomic mass is 10.3. The van der Waals surface area contributed by atoms with E-state index >= 15 is 0 Å². The summed E-state index contributed by atoms with van der Waals surface area (Å²) in [4.78, 5) is 4.49. The fourth-order valence-corrected chi connectivity index (χ4v) is 1.77. The van der Waals surface area contributed by atoms with Crippen molar-refractivity contribution in [2.75, 3.05) is 20.3 Å². The molecule has 0 aliphatic heterocycles. The first kappa shape index (κ1) is 15.4. The Balaban J connectivity index is 1.97. The van der Waals surface area contributed by atoms with Gasteiger partial charge in [0, 0.05) is 32.8 Å². The molecule has 0 radical (unpaired) electrons. The lowest BCUT2D eigenvalue weighted by Crippen LogP contribution is -2.20. The second kappa shape index (κ2) is 7.70. The first-order valence-electron chi connectivity index (χ1n) is 6.77. The van der Waals surface area contributed by atoms with Crippen LogP contribution >= 0.6 is 0 Å². The van der Waals surface area contributed by atoms with Gasteiger partial charge in [-0.2, -0.15) is 0 Å². The van der Waals surface area contributed by atoms with E-state index in [1.807, 2.05) is 19.1 Å². The zero-order valence-corrected chi connectivity index (χ0v) is 12.5. The van der Waals surface area contributed by atoms with Crippen LogP contribution in [0.3, 0.4) is 0 Å². The second-order valence-corrected chi connectivity index (χ2v) is 4.57. The zero-order chi connectivity index (χ0) is 15.1. The van der Waals surface area contributed by atoms with Gasteiger partial charge in [0.15, 0.2) is 6.61 Å². The van der Waals surface area contributed by atoms with Crippen LogP contribution in [0.2, 0.25) is 0 Å². The third-order valence-corrected chi connectivity index (χ3v) is 2.77. The first-order valence-corrected chi connectivity index (χ1v) is 6.77. The highest BCUT2D eigenvalue weighted by Crippen LogP contribution is 2.18. The van der Waals surface area contributed by atoms with E-state index in [9.17, 15) is 0 Å². The molecule has 0 atom stereocenters. The fourth-order valence-electron chi connectivity index (χ4n) is 1.77. The van der Waals surface area contributed by atoms with Gasteiger partial charge in [-0.1, -0.05) is 0 Å². The Bertz CT molecular complexity index is 571. The highest BCUT2D eigenvalue weighted by Gasteiger charge is 2.09. The third-order valence-electron chi connectivity index (χ3n) is 2.77. The maximum Gasteiger partial charge on any atom is 0.253 e. The lowest BCUT2D eigenvalue weighted by molar-refractivity contribution is 0.198. The summed E-state index contributed by atoms with van der Waals surface area (Å²) in [5, 5.41) is 10.9. The van der Waals surface area contributed by atoms with Crippen LogP contribution in [0.5, 0.6) is 5.75 Å². The molecule has 0 aromatic carbocycles. The smallest absolute Gasteiger partial charge is 0.253 e. The number of methoxy groups -OCH3 is 1. The molecular weight excluding hydrogens is 272 g/mol. The van der Waals surface area contributed by atoms with Crippen molar-refractivity contribution in [3.05, 3.63) is 35.3 Å². The van der Waals surface area contributed by atoms with E-state index < -0.39 is 0 Å². The molecule has 114 valence electrons. The molecule has 1 N–H and O–H groups in total. The Morgan fingerprint density at radius 1 is 1.24 bits per heavy atom. The van der Waals surface area contributed by atoms with Crippen LogP contribution in [0.1, 0.15) is 23.2 Å². The molecular formula is C14H20N4O3. The van der Waals surface area contributed by atoms with Crippen LogP contribution in [0, 0.1) is 13.8 Å². The van der Waals surface area contributed by atoms with Crippen molar-refractivity contribution in [2.45, 2.75) is 27.0 Å². The van der Waals surface area contributed by atoms with E-state index in [0.29, 0.717) is 30.7 Å². The standard InChI is InChI=1S/C14H20N4O3/c1-10-4-5-13(12(16-10)8-15-6-7-19-3)20-9-14-18-17-11(2)21-14/h4-5,15H,6-9H2,1-3H3. The number of aryl methyl sites for hydroxylation is 2. The highest BCUT2D eigenvalue weighted by atomic mass is 16.5. The molecule has 0 unspecified atom stereocenters. The molecule has 2 aromatic rings. The average molecular weight is 292 g/mol. The minimum atomic E-state index is 0.233.